The second-order valence-electron chi connectivity index (χ2n) is 8.73. The molecule has 30 heavy (non-hydrogen) atoms. The van der Waals surface area contributed by atoms with E-state index in [0.29, 0.717) is 6.04 Å². The molecule has 1 saturated heterocycles. The highest BCUT2D eigenvalue weighted by Crippen LogP contribution is 2.27. The van der Waals surface area contributed by atoms with Gasteiger partial charge in [0.25, 0.3) is 0 Å². The summed E-state index contributed by atoms with van der Waals surface area (Å²) >= 11 is 0. The number of piperidine rings is 1. The van der Waals surface area contributed by atoms with Crippen molar-refractivity contribution < 1.29 is 0 Å². The van der Waals surface area contributed by atoms with Gasteiger partial charge in [-0.05, 0) is 112 Å². The minimum absolute atomic E-state index is 0.564. The lowest BCUT2D eigenvalue weighted by Gasteiger charge is -2.36. The first-order chi connectivity index (χ1) is 14.5. The molecule has 3 aromatic rings. The Morgan fingerprint density at radius 3 is 2.23 bits per heavy atom. The van der Waals surface area contributed by atoms with Crippen LogP contribution in [-0.4, -0.2) is 24.1 Å². The fraction of sp³-hybridized carbons (Fsp3) is 0.370. The monoisotopic (exact) mass is 399 g/mol. The third-order valence-electron chi connectivity index (χ3n) is 6.52. The number of pyridine rings is 1. The smallest absolute Gasteiger partial charge is 0.0705 e. The molecule has 3 nitrogen and oxygen atoms in total. The molecule has 0 radical (unpaired) electrons. The van der Waals surface area contributed by atoms with E-state index in [1.54, 1.807) is 0 Å². The third-order valence-corrected chi connectivity index (χ3v) is 6.52. The quantitative estimate of drug-likeness (QED) is 0.593. The Morgan fingerprint density at radius 2 is 1.57 bits per heavy atom. The Morgan fingerprint density at radius 1 is 0.900 bits per heavy atom. The third kappa shape index (κ3) is 4.57. The zero-order valence-corrected chi connectivity index (χ0v) is 18.7. The molecule has 1 aliphatic rings. The summed E-state index contributed by atoms with van der Waals surface area (Å²) in [5, 5.41) is 3.50. The van der Waals surface area contributed by atoms with E-state index in [9.17, 15) is 0 Å². The topological polar surface area (TPSA) is 28.2 Å². The highest BCUT2D eigenvalue weighted by molar-refractivity contribution is 5.63. The Balaban J connectivity index is 1.65. The van der Waals surface area contributed by atoms with Crippen molar-refractivity contribution in [2.75, 3.05) is 18.0 Å². The first-order valence-corrected chi connectivity index (χ1v) is 11.1. The Hall–Kier alpha value is -2.65. The van der Waals surface area contributed by atoms with Crippen LogP contribution in [0.15, 0.2) is 54.7 Å². The number of rotatable bonds is 5. The number of hydrogen-bond donors (Lipinski definition) is 1. The molecule has 3 heteroatoms. The molecule has 0 saturated carbocycles. The van der Waals surface area contributed by atoms with E-state index in [0.717, 1.165) is 25.3 Å². The molecule has 1 aromatic heterocycles. The van der Waals surface area contributed by atoms with Crippen LogP contribution in [0, 0.1) is 27.7 Å². The molecule has 0 spiro atoms. The molecule has 2 aromatic carbocycles. The molecule has 1 N–H and O–H groups in total. The van der Waals surface area contributed by atoms with Gasteiger partial charge < -0.3 is 10.2 Å². The second kappa shape index (κ2) is 9.01. The summed E-state index contributed by atoms with van der Waals surface area (Å²) in [6, 6.07) is 18.5. The Labute approximate surface area is 181 Å². The molecule has 0 bridgehead atoms. The van der Waals surface area contributed by atoms with Crippen LogP contribution in [-0.2, 0) is 6.54 Å². The van der Waals surface area contributed by atoms with Gasteiger partial charge in [-0.3, -0.25) is 4.98 Å². The van der Waals surface area contributed by atoms with Crippen molar-refractivity contribution >= 4 is 5.69 Å². The van der Waals surface area contributed by atoms with Crippen LogP contribution >= 0.6 is 0 Å². The predicted octanol–water partition coefficient (Wildman–Crippen LogP) is 5.74. The van der Waals surface area contributed by atoms with E-state index in [1.165, 1.54) is 51.9 Å². The summed E-state index contributed by atoms with van der Waals surface area (Å²) in [5.74, 6) is 0. The summed E-state index contributed by atoms with van der Waals surface area (Å²) in [4.78, 5) is 7.29. The Bertz CT molecular complexity index is 978. The highest BCUT2D eigenvalue weighted by Gasteiger charge is 2.22. The van der Waals surface area contributed by atoms with E-state index in [-0.39, 0.29) is 0 Å². The SMILES string of the molecule is Cc1ccc(N(Cc2ccnc(-c3cc(C)c(C)c(C)c3)c2)C2CCNCC2)cc1. The lowest BCUT2D eigenvalue weighted by Crippen LogP contribution is -2.43. The second-order valence-corrected chi connectivity index (χ2v) is 8.73. The predicted molar refractivity (Wildman–Crippen MR) is 127 cm³/mol. The molecule has 0 unspecified atom stereocenters. The number of anilines is 1. The van der Waals surface area contributed by atoms with Crippen LogP contribution in [0.3, 0.4) is 0 Å². The summed E-state index contributed by atoms with van der Waals surface area (Å²) in [7, 11) is 0. The van der Waals surface area contributed by atoms with E-state index in [2.05, 4.69) is 86.4 Å². The van der Waals surface area contributed by atoms with Crippen molar-refractivity contribution in [1.82, 2.24) is 10.3 Å². The maximum absolute atomic E-state index is 4.70. The molecule has 0 atom stereocenters. The van der Waals surface area contributed by atoms with Crippen molar-refractivity contribution in [2.45, 2.75) is 53.1 Å². The lowest BCUT2D eigenvalue weighted by molar-refractivity contribution is 0.428. The zero-order chi connectivity index (χ0) is 21.1. The van der Waals surface area contributed by atoms with Crippen molar-refractivity contribution in [3.05, 3.63) is 82.5 Å². The van der Waals surface area contributed by atoms with E-state index in [1.807, 2.05) is 6.20 Å². The van der Waals surface area contributed by atoms with Gasteiger partial charge in [-0.2, -0.15) is 0 Å². The van der Waals surface area contributed by atoms with Crippen LogP contribution in [0.25, 0.3) is 11.3 Å². The zero-order valence-electron chi connectivity index (χ0n) is 18.7. The van der Waals surface area contributed by atoms with E-state index < -0.39 is 0 Å². The van der Waals surface area contributed by atoms with Gasteiger partial charge in [0.1, 0.15) is 0 Å². The van der Waals surface area contributed by atoms with Crippen LogP contribution in [0.1, 0.15) is 40.7 Å². The lowest BCUT2D eigenvalue weighted by atomic mass is 9.98. The first kappa shape index (κ1) is 20.6. The number of aromatic nitrogens is 1. The fourth-order valence-corrected chi connectivity index (χ4v) is 4.40. The van der Waals surface area contributed by atoms with Gasteiger partial charge in [-0.1, -0.05) is 17.7 Å². The van der Waals surface area contributed by atoms with Gasteiger partial charge in [0.15, 0.2) is 0 Å². The van der Waals surface area contributed by atoms with Crippen LogP contribution in [0.2, 0.25) is 0 Å². The number of aryl methyl sites for hydroxylation is 3. The highest BCUT2D eigenvalue weighted by atomic mass is 15.2. The molecule has 4 rings (SSSR count). The molecular formula is C27H33N3. The first-order valence-electron chi connectivity index (χ1n) is 11.1. The maximum atomic E-state index is 4.70. The number of hydrogen-bond acceptors (Lipinski definition) is 3. The van der Waals surface area contributed by atoms with Crippen molar-refractivity contribution in [1.29, 1.82) is 0 Å². The van der Waals surface area contributed by atoms with Crippen LogP contribution in [0.4, 0.5) is 5.69 Å². The molecule has 0 amide bonds. The number of nitrogens with zero attached hydrogens (tertiary/aromatic N) is 2. The minimum atomic E-state index is 0.564. The van der Waals surface area contributed by atoms with Crippen LogP contribution in [0.5, 0.6) is 0 Å². The summed E-state index contributed by atoms with van der Waals surface area (Å²) in [5.41, 5.74) is 10.2. The molecular weight excluding hydrogens is 366 g/mol. The van der Waals surface area contributed by atoms with Gasteiger partial charge in [0, 0.05) is 30.0 Å². The average Bonchev–Trinajstić information content (AvgIpc) is 2.77. The van der Waals surface area contributed by atoms with Crippen molar-refractivity contribution in [3.63, 3.8) is 0 Å². The molecule has 1 fully saturated rings. The van der Waals surface area contributed by atoms with Gasteiger partial charge >= 0.3 is 0 Å². The summed E-state index contributed by atoms with van der Waals surface area (Å²) in [6.07, 6.45) is 4.33. The minimum Gasteiger partial charge on any atom is -0.364 e. The number of benzene rings is 2. The molecule has 156 valence electrons. The van der Waals surface area contributed by atoms with E-state index in [4.69, 9.17) is 4.98 Å². The number of nitrogens with one attached hydrogen (secondary N) is 1. The molecule has 1 aliphatic heterocycles. The fourth-order valence-electron chi connectivity index (χ4n) is 4.40. The van der Waals surface area contributed by atoms with Crippen LogP contribution < -0.4 is 10.2 Å². The summed E-state index contributed by atoms with van der Waals surface area (Å²) in [6.45, 7) is 11.8. The van der Waals surface area contributed by atoms with Gasteiger partial charge in [0.05, 0.1) is 5.69 Å². The van der Waals surface area contributed by atoms with E-state index >= 15 is 0 Å². The Kier molecular flexibility index (Phi) is 6.19. The largest absolute Gasteiger partial charge is 0.364 e. The molecule has 0 aliphatic carbocycles. The van der Waals surface area contributed by atoms with Gasteiger partial charge in [-0.15, -0.1) is 0 Å². The molecule has 2 heterocycles. The van der Waals surface area contributed by atoms with Gasteiger partial charge in [0.2, 0.25) is 0 Å². The van der Waals surface area contributed by atoms with Crippen molar-refractivity contribution in [3.8, 4) is 11.3 Å². The average molecular weight is 400 g/mol. The standard InChI is InChI=1S/C27H33N3/c1-19-5-7-25(8-6-19)30(26-10-12-28-13-11-26)18-23-9-14-29-27(17-23)24-15-20(2)22(4)21(3)16-24/h5-9,14-17,26,28H,10-13,18H2,1-4H3. The summed E-state index contributed by atoms with van der Waals surface area (Å²) < 4.78 is 0. The van der Waals surface area contributed by atoms with Gasteiger partial charge in [-0.25, -0.2) is 0 Å². The van der Waals surface area contributed by atoms with Crippen molar-refractivity contribution in [2.24, 2.45) is 0 Å². The maximum Gasteiger partial charge on any atom is 0.0705 e. The normalized spacial score (nSPS) is 14.7.